The van der Waals surface area contributed by atoms with Crippen LogP contribution in [0.15, 0.2) is 24.3 Å². The van der Waals surface area contributed by atoms with Crippen LogP contribution in [-0.2, 0) is 17.6 Å². The maximum absolute atomic E-state index is 9.79. The Balaban J connectivity index is 1.93. The maximum Gasteiger partial charge on any atom is 0.157 e. The number of anilines is 1. The summed E-state index contributed by atoms with van der Waals surface area (Å²) < 4.78 is 7.76. The van der Waals surface area contributed by atoms with E-state index in [0.717, 1.165) is 67.8 Å². The van der Waals surface area contributed by atoms with Crippen molar-refractivity contribution in [2.45, 2.75) is 19.3 Å². The number of hydrogen-bond acceptors (Lipinski definition) is 4. The molecule has 0 radical (unpaired) electrons. The molecule has 5 rings (SSSR count). The Morgan fingerprint density at radius 1 is 1.08 bits per heavy atom. The minimum absolute atomic E-state index is 0.753. The van der Waals surface area contributed by atoms with Crippen molar-refractivity contribution in [3.8, 4) is 6.07 Å². The fourth-order valence-electron chi connectivity index (χ4n) is 4.17. The third-order valence-electron chi connectivity index (χ3n) is 5.21. The fourth-order valence-corrected chi connectivity index (χ4v) is 4.17. The number of pyridine rings is 1. The quantitative estimate of drug-likeness (QED) is 0.692. The molecule has 0 saturated carbocycles. The molecule has 0 spiro atoms. The molecule has 1 saturated heterocycles. The van der Waals surface area contributed by atoms with Crippen LogP contribution >= 0.6 is 0 Å². The molecule has 3 aromatic rings. The number of para-hydroxylation sites is 2. The summed E-state index contributed by atoms with van der Waals surface area (Å²) in [4.78, 5) is 7.21. The van der Waals surface area contributed by atoms with Crippen molar-refractivity contribution < 1.29 is 4.74 Å². The van der Waals surface area contributed by atoms with Crippen LogP contribution in [0, 0.1) is 11.3 Å². The normalized spacial score (nSPS) is 17.4. The number of fused-ring (bicyclic) bond motifs is 4. The highest BCUT2D eigenvalue weighted by Crippen LogP contribution is 2.38. The number of nitriles is 1. The third kappa shape index (κ3) is 1.80. The van der Waals surface area contributed by atoms with Crippen molar-refractivity contribution in [2.24, 2.45) is 0 Å². The number of ether oxygens (including phenoxy) is 1. The van der Waals surface area contributed by atoms with Crippen molar-refractivity contribution in [3.05, 3.63) is 41.0 Å². The number of nitrogens with zero attached hydrogens (tertiary/aromatic N) is 4. The highest BCUT2D eigenvalue weighted by atomic mass is 16.5. The Morgan fingerprint density at radius 2 is 1.88 bits per heavy atom. The summed E-state index contributed by atoms with van der Waals surface area (Å²) in [5, 5.41) is 9.79. The van der Waals surface area contributed by atoms with Crippen molar-refractivity contribution in [2.75, 3.05) is 31.2 Å². The van der Waals surface area contributed by atoms with Crippen LogP contribution in [0.1, 0.15) is 23.1 Å². The Hall–Kier alpha value is -2.58. The molecule has 120 valence electrons. The molecule has 5 heteroatoms. The van der Waals surface area contributed by atoms with E-state index in [1.807, 2.05) is 18.2 Å². The first-order valence-corrected chi connectivity index (χ1v) is 8.56. The van der Waals surface area contributed by atoms with E-state index in [0.29, 0.717) is 0 Å². The van der Waals surface area contributed by atoms with Gasteiger partial charge in [-0.05, 0) is 42.5 Å². The number of aromatic nitrogens is 2. The second-order valence-electron chi connectivity index (χ2n) is 6.48. The summed E-state index contributed by atoms with van der Waals surface area (Å²) in [5.74, 6) is 1.23. The number of imidazole rings is 1. The molecule has 0 atom stereocenters. The molecule has 0 N–H and O–H groups in total. The zero-order valence-corrected chi connectivity index (χ0v) is 13.5. The summed E-state index contributed by atoms with van der Waals surface area (Å²) in [7, 11) is 0. The fraction of sp³-hybridized carbons (Fsp3) is 0.368. The van der Waals surface area contributed by atoms with Crippen molar-refractivity contribution in [3.63, 3.8) is 0 Å². The van der Waals surface area contributed by atoms with E-state index in [4.69, 9.17) is 9.72 Å². The second kappa shape index (κ2) is 5.22. The topological polar surface area (TPSA) is 53.6 Å². The van der Waals surface area contributed by atoms with Gasteiger partial charge in [-0.15, -0.1) is 0 Å². The van der Waals surface area contributed by atoms with Gasteiger partial charge in [0.1, 0.15) is 11.9 Å². The average molecular weight is 318 g/mol. The lowest BCUT2D eigenvalue weighted by Gasteiger charge is -2.31. The van der Waals surface area contributed by atoms with E-state index in [9.17, 15) is 5.26 Å². The monoisotopic (exact) mass is 318 g/mol. The Morgan fingerprint density at radius 3 is 2.71 bits per heavy atom. The Bertz CT molecular complexity index is 992. The molecule has 0 amide bonds. The molecule has 3 heterocycles. The number of rotatable bonds is 1. The predicted molar refractivity (Wildman–Crippen MR) is 92.5 cm³/mol. The zero-order valence-electron chi connectivity index (χ0n) is 13.5. The number of morpholine rings is 1. The van der Waals surface area contributed by atoms with Gasteiger partial charge in [-0.2, -0.15) is 5.26 Å². The van der Waals surface area contributed by atoms with E-state index < -0.39 is 0 Å². The van der Waals surface area contributed by atoms with Crippen LogP contribution in [0.2, 0.25) is 0 Å². The van der Waals surface area contributed by atoms with Gasteiger partial charge in [0, 0.05) is 13.1 Å². The average Bonchev–Trinajstić information content (AvgIpc) is 3.25. The minimum atomic E-state index is 0.753. The smallest absolute Gasteiger partial charge is 0.157 e. The molecule has 0 unspecified atom stereocenters. The predicted octanol–water partition coefficient (Wildman–Crippen LogP) is 2.68. The third-order valence-corrected chi connectivity index (χ3v) is 5.21. The summed E-state index contributed by atoms with van der Waals surface area (Å²) in [6.45, 7) is 3.28. The highest BCUT2D eigenvalue weighted by molar-refractivity contribution is 5.86. The lowest BCUT2D eigenvalue weighted by atomic mass is 10.1. The molecule has 1 aliphatic heterocycles. The lowest BCUT2D eigenvalue weighted by molar-refractivity contribution is 0.122. The molecule has 1 aliphatic carbocycles. The van der Waals surface area contributed by atoms with Crippen LogP contribution in [0.25, 0.3) is 16.7 Å². The van der Waals surface area contributed by atoms with Gasteiger partial charge in [-0.3, -0.25) is 4.40 Å². The number of hydrogen-bond donors (Lipinski definition) is 0. The molecule has 0 bridgehead atoms. The van der Waals surface area contributed by atoms with Crippen LogP contribution in [0.4, 0.5) is 5.82 Å². The molecule has 2 aromatic heterocycles. The summed E-state index contributed by atoms with van der Waals surface area (Å²) in [5.41, 5.74) is 6.15. The van der Waals surface area contributed by atoms with Crippen molar-refractivity contribution >= 4 is 22.5 Å². The van der Waals surface area contributed by atoms with E-state index >= 15 is 0 Å². The van der Waals surface area contributed by atoms with Crippen molar-refractivity contribution in [1.82, 2.24) is 9.38 Å². The first-order valence-electron chi connectivity index (χ1n) is 8.56. The Kier molecular flexibility index (Phi) is 3.00. The maximum atomic E-state index is 9.79. The van der Waals surface area contributed by atoms with E-state index in [1.165, 1.54) is 16.9 Å². The summed E-state index contributed by atoms with van der Waals surface area (Å²) in [6, 6.07) is 10.6. The van der Waals surface area contributed by atoms with Crippen molar-refractivity contribution in [1.29, 1.82) is 5.26 Å². The van der Waals surface area contributed by atoms with Gasteiger partial charge < -0.3 is 9.64 Å². The SMILES string of the molecule is N#Cc1c2c(c(N3CCOCC3)n3c1nc1ccccc13)CCC2. The minimum Gasteiger partial charge on any atom is -0.378 e. The molecule has 2 aliphatic rings. The number of benzene rings is 1. The van der Waals surface area contributed by atoms with Gasteiger partial charge in [-0.1, -0.05) is 12.1 Å². The van der Waals surface area contributed by atoms with Gasteiger partial charge in [0.25, 0.3) is 0 Å². The van der Waals surface area contributed by atoms with Gasteiger partial charge in [0.05, 0.1) is 29.8 Å². The zero-order chi connectivity index (χ0) is 16.1. The second-order valence-corrected chi connectivity index (χ2v) is 6.48. The van der Waals surface area contributed by atoms with Gasteiger partial charge >= 0.3 is 0 Å². The van der Waals surface area contributed by atoms with Crippen LogP contribution in [-0.4, -0.2) is 35.7 Å². The lowest BCUT2D eigenvalue weighted by Crippen LogP contribution is -2.38. The molecule has 1 fully saturated rings. The Labute approximate surface area is 140 Å². The molecular weight excluding hydrogens is 300 g/mol. The highest BCUT2D eigenvalue weighted by Gasteiger charge is 2.28. The molecule has 24 heavy (non-hydrogen) atoms. The van der Waals surface area contributed by atoms with E-state index in [2.05, 4.69) is 21.4 Å². The van der Waals surface area contributed by atoms with Gasteiger partial charge in [0.2, 0.25) is 0 Å². The van der Waals surface area contributed by atoms with Gasteiger partial charge in [0.15, 0.2) is 5.65 Å². The van der Waals surface area contributed by atoms with Crippen LogP contribution < -0.4 is 4.90 Å². The van der Waals surface area contributed by atoms with Crippen LogP contribution in [0.5, 0.6) is 0 Å². The first-order chi connectivity index (χ1) is 11.9. The van der Waals surface area contributed by atoms with Gasteiger partial charge in [-0.25, -0.2) is 4.98 Å². The van der Waals surface area contributed by atoms with Crippen LogP contribution in [0.3, 0.4) is 0 Å². The summed E-state index contributed by atoms with van der Waals surface area (Å²) >= 11 is 0. The first kappa shape index (κ1) is 13.8. The van der Waals surface area contributed by atoms with E-state index in [-0.39, 0.29) is 0 Å². The molecule has 5 nitrogen and oxygen atoms in total. The standard InChI is InChI=1S/C19H18N4O/c20-12-15-13-4-3-5-14(13)19(22-8-10-24-11-9-22)23-17-7-2-1-6-16(17)21-18(15)23/h1-2,6-7H,3-5,8-11H2. The van der Waals surface area contributed by atoms with E-state index in [1.54, 1.807) is 0 Å². The summed E-state index contributed by atoms with van der Waals surface area (Å²) in [6.07, 6.45) is 3.14. The largest absolute Gasteiger partial charge is 0.378 e. The molecular formula is C19H18N4O. The molecule has 1 aromatic carbocycles.